The lowest BCUT2D eigenvalue weighted by Gasteiger charge is -2.33. The van der Waals surface area contributed by atoms with Crippen LogP contribution >= 0.6 is 0 Å². The van der Waals surface area contributed by atoms with Gasteiger partial charge in [0.1, 0.15) is 0 Å². The first kappa shape index (κ1) is 11.9. The van der Waals surface area contributed by atoms with E-state index in [4.69, 9.17) is 5.11 Å². The molecule has 1 aliphatic rings. The van der Waals surface area contributed by atoms with E-state index < -0.39 is 0 Å². The van der Waals surface area contributed by atoms with Crippen molar-refractivity contribution < 1.29 is 5.11 Å². The zero-order valence-electron chi connectivity index (χ0n) is 9.45. The van der Waals surface area contributed by atoms with Gasteiger partial charge in [-0.25, -0.2) is 0 Å². The summed E-state index contributed by atoms with van der Waals surface area (Å²) >= 11 is 0. The molecular weight excluding hydrogens is 178 g/mol. The summed E-state index contributed by atoms with van der Waals surface area (Å²) in [6.07, 6.45) is 0. The Bertz CT molecular complexity index is 146. The maximum absolute atomic E-state index is 8.75. The van der Waals surface area contributed by atoms with Crippen molar-refractivity contribution in [3.63, 3.8) is 0 Å². The number of likely N-dealkylation sites (N-methyl/N-ethyl adjacent to an activating group) is 2. The van der Waals surface area contributed by atoms with Crippen LogP contribution in [0.1, 0.15) is 0 Å². The second-order valence-corrected chi connectivity index (χ2v) is 4.17. The minimum atomic E-state index is 0.263. The lowest BCUT2D eigenvalue weighted by Crippen LogP contribution is -2.46. The highest BCUT2D eigenvalue weighted by Gasteiger charge is 2.13. The highest BCUT2D eigenvalue weighted by atomic mass is 16.3. The Hall–Kier alpha value is -0.160. The van der Waals surface area contributed by atoms with Crippen LogP contribution in [0.3, 0.4) is 0 Å². The van der Waals surface area contributed by atoms with Crippen molar-refractivity contribution in [1.29, 1.82) is 0 Å². The first-order valence-corrected chi connectivity index (χ1v) is 5.42. The van der Waals surface area contributed by atoms with Crippen molar-refractivity contribution in [1.82, 2.24) is 14.7 Å². The molecule has 0 saturated carbocycles. The summed E-state index contributed by atoms with van der Waals surface area (Å²) in [7, 11) is 4.24. The summed E-state index contributed by atoms with van der Waals surface area (Å²) in [4.78, 5) is 7.04. The van der Waals surface area contributed by atoms with Crippen LogP contribution in [-0.2, 0) is 0 Å². The Morgan fingerprint density at radius 1 is 1.14 bits per heavy atom. The first-order valence-electron chi connectivity index (χ1n) is 5.42. The Balaban J connectivity index is 2.06. The van der Waals surface area contributed by atoms with E-state index in [9.17, 15) is 0 Å². The number of hydrogen-bond donors (Lipinski definition) is 1. The van der Waals surface area contributed by atoms with Crippen molar-refractivity contribution in [3.8, 4) is 0 Å². The molecule has 1 aliphatic heterocycles. The maximum atomic E-state index is 8.75. The van der Waals surface area contributed by atoms with Gasteiger partial charge in [0.05, 0.1) is 6.61 Å². The monoisotopic (exact) mass is 201 g/mol. The second kappa shape index (κ2) is 6.35. The Morgan fingerprint density at radius 3 is 2.36 bits per heavy atom. The van der Waals surface area contributed by atoms with E-state index in [0.29, 0.717) is 0 Å². The molecule has 0 radical (unpaired) electrons. The molecule has 0 atom stereocenters. The largest absolute Gasteiger partial charge is 0.395 e. The van der Waals surface area contributed by atoms with E-state index in [-0.39, 0.29) is 6.61 Å². The molecule has 0 aromatic carbocycles. The van der Waals surface area contributed by atoms with Crippen LogP contribution in [-0.4, -0.2) is 86.3 Å². The van der Waals surface area contributed by atoms with Gasteiger partial charge in [0.25, 0.3) is 0 Å². The van der Waals surface area contributed by atoms with Crippen LogP contribution in [0.15, 0.2) is 0 Å². The Morgan fingerprint density at radius 2 is 1.79 bits per heavy atom. The van der Waals surface area contributed by atoms with Gasteiger partial charge in [-0.1, -0.05) is 0 Å². The maximum Gasteiger partial charge on any atom is 0.0558 e. The van der Waals surface area contributed by atoms with Crippen LogP contribution in [0.25, 0.3) is 0 Å². The van der Waals surface area contributed by atoms with Crippen LogP contribution in [0, 0.1) is 0 Å². The van der Waals surface area contributed by atoms with Crippen LogP contribution in [0.4, 0.5) is 0 Å². The van der Waals surface area contributed by atoms with E-state index in [1.807, 2.05) is 0 Å². The highest BCUT2D eigenvalue weighted by Crippen LogP contribution is 1.98. The first-order chi connectivity index (χ1) is 6.72. The summed E-state index contributed by atoms with van der Waals surface area (Å²) in [5.74, 6) is 0. The number of aliphatic hydroxyl groups excluding tert-OH is 1. The normalized spacial score (nSPS) is 20.6. The minimum absolute atomic E-state index is 0.263. The quantitative estimate of drug-likeness (QED) is 0.628. The van der Waals surface area contributed by atoms with Crippen molar-refractivity contribution in [2.45, 2.75) is 0 Å². The number of aliphatic hydroxyl groups is 1. The molecule has 4 heteroatoms. The minimum Gasteiger partial charge on any atom is -0.395 e. The average Bonchev–Trinajstić information content (AvgIpc) is 2.17. The van der Waals surface area contributed by atoms with Crippen LogP contribution < -0.4 is 0 Å². The SMILES string of the molecule is CN(CCO)CCN1CCN(C)CC1. The molecule has 0 aliphatic carbocycles. The third-order valence-corrected chi connectivity index (χ3v) is 2.88. The summed E-state index contributed by atoms with van der Waals surface area (Å²) in [5.41, 5.74) is 0. The molecule has 0 amide bonds. The molecule has 1 saturated heterocycles. The van der Waals surface area contributed by atoms with E-state index in [1.165, 1.54) is 26.2 Å². The summed E-state index contributed by atoms with van der Waals surface area (Å²) in [6, 6.07) is 0. The third kappa shape index (κ3) is 4.37. The molecule has 0 bridgehead atoms. The van der Waals surface area contributed by atoms with Gasteiger partial charge in [0.2, 0.25) is 0 Å². The topological polar surface area (TPSA) is 30.0 Å². The Kier molecular flexibility index (Phi) is 5.40. The van der Waals surface area contributed by atoms with E-state index >= 15 is 0 Å². The molecular formula is C10H23N3O. The van der Waals surface area contributed by atoms with Gasteiger partial charge in [-0.05, 0) is 14.1 Å². The van der Waals surface area contributed by atoms with Crippen molar-refractivity contribution >= 4 is 0 Å². The predicted octanol–water partition coefficient (Wildman–Crippen LogP) is -0.842. The predicted molar refractivity (Wildman–Crippen MR) is 58.5 cm³/mol. The van der Waals surface area contributed by atoms with E-state index in [0.717, 1.165) is 19.6 Å². The van der Waals surface area contributed by atoms with Gasteiger partial charge in [-0.3, -0.25) is 4.90 Å². The molecule has 1 heterocycles. The lowest BCUT2D eigenvalue weighted by molar-refractivity contribution is 0.135. The fraction of sp³-hybridized carbons (Fsp3) is 1.00. The van der Waals surface area contributed by atoms with Crippen molar-refractivity contribution in [3.05, 3.63) is 0 Å². The van der Waals surface area contributed by atoms with Gasteiger partial charge in [-0.15, -0.1) is 0 Å². The molecule has 84 valence electrons. The van der Waals surface area contributed by atoms with Gasteiger partial charge in [0.15, 0.2) is 0 Å². The summed E-state index contributed by atoms with van der Waals surface area (Å²) < 4.78 is 0. The molecule has 0 unspecified atom stereocenters. The summed E-state index contributed by atoms with van der Waals surface area (Å²) in [6.45, 7) is 7.97. The molecule has 1 rings (SSSR count). The number of piperazine rings is 1. The molecule has 1 N–H and O–H groups in total. The molecule has 14 heavy (non-hydrogen) atoms. The fourth-order valence-electron chi connectivity index (χ4n) is 1.67. The van der Waals surface area contributed by atoms with E-state index in [1.54, 1.807) is 0 Å². The van der Waals surface area contributed by atoms with E-state index in [2.05, 4.69) is 28.8 Å². The number of hydrogen-bond acceptors (Lipinski definition) is 4. The zero-order valence-corrected chi connectivity index (χ0v) is 9.45. The standard InChI is InChI=1S/C10H23N3O/c1-11-3-6-13(7-4-11)8-5-12(2)9-10-14/h14H,3-10H2,1-2H3. The van der Waals surface area contributed by atoms with Crippen molar-refractivity contribution in [2.75, 3.05) is 66.5 Å². The molecule has 0 aromatic heterocycles. The van der Waals surface area contributed by atoms with Gasteiger partial charge >= 0.3 is 0 Å². The highest BCUT2D eigenvalue weighted by molar-refractivity contribution is 4.69. The number of rotatable bonds is 5. The second-order valence-electron chi connectivity index (χ2n) is 4.17. The average molecular weight is 201 g/mol. The fourth-order valence-corrected chi connectivity index (χ4v) is 1.67. The third-order valence-electron chi connectivity index (χ3n) is 2.88. The smallest absolute Gasteiger partial charge is 0.0558 e. The molecule has 0 spiro atoms. The van der Waals surface area contributed by atoms with Crippen molar-refractivity contribution in [2.24, 2.45) is 0 Å². The number of nitrogens with zero attached hydrogens (tertiary/aromatic N) is 3. The molecule has 0 aromatic rings. The molecule has 1 fully saturated rings. The van der Waals surface area contributed by atoms with Gasteiger partial charge < -0.3 is 14.9 Å². The molecule has 4 nitrogen and oxygen atoms in total. The van der Waals surface area contributed by atoms with Crippen LogP contribution in [0.5, 0.6) is 0 Å². The lowest BCUT2D eigenvalue weighted by atomic mass is 10.3. The Labute approximate surface area is 87.1 Å². The van der Waals surface area contributed by atoms with Crippen LogP contribution in [0.2, 0.25) is 0 Å². The van der Waals surface area contributed by atoms with Gasteiger partial charge in [-0.2, -0.15) is 0 Å². The zero-order chi connectivity index (χ0) is 10.4. The summed E-state index contributed by atoms with van der Waals surface area (Å²) in [5, 5.41) is 8.75. The van der Waals surface area contributed by atoms with Gasteiger partial charge in [0, 0.05) is 45.8 Å².